The van der Waals surface area contributed by atoms with Gasteiger partial charge in [-0.1, -0.05) is 135 Å². The van der Waals surface area contributed by atoms with Crippen molar-refractivity contribution >= 4 is 41.5 Å². The summed E-state index contributed by atoms with van der Waals surface area (Å²) in [6.45, 7) is 4.35. The van der Waals surface area contributed by atoms with Gasteiger partial charge in [-0.05, 0) is 118 Å². The minimum Gasteiger partial charge on any atom is -0.867 e. The van der Waals surface area contributed by atoms with Crippen LogP contribution in [0.25, 0.3) is 22.7 Å². The Kier molecular flexibility index (Phi) is 17.5. The van der Waals surface area contributed by atoms with E-state index in [2.05, 4.69) is 209 Å². The van der Waals surface area contributed by atoms with Crippen molar-refractivity contribution in [2.24, 2.45) is 0 Å². The molecule has 8 heteroatoms. The second-order valence-electron chi connectivity index (χ2n) is 15.9. The normalized spacial score (nSPS) is 16.4. The Morgan fingerprint density at radius 2 is 0.758 bits per heavy atom. The molecule has 66 heavy (non-hydrogen) atoms. The molecule has 0 aromatic heterocycles. The highest BCUT2D eigenvalue weighted by molar-refractivity contribution is 6.27. The standard InChI is InChI=1S/2C29H28NO.BFO2/c2*1-4-23(19-22-15-17-27(18-16-22)30(2)3)28-20-26(24-11-7-5-8-12-24)21-29(31-28)25-13-9-6-10-14-25;2-1(3)4/h2*5-21H,4H2,1-3H3;/q2*+1;-2. The molecule has 332 valence electrons. The average Bonchev–Trinajstić information content (AvgIpc) is 3.36. The van der Waals surface area contributed by atoms with E-state index >= 15 is 0 Å². The van der Waals surface area contributed by atoms with Crippen molar-refractivity contribution in [3.8, 4) is 0 Å². The third-order valence-corrected chi connectivity index (χ3v) is 10.8. The number of nitrogens with zero attached hydrogens (tertiary/aromatic N) is 2. The van der Waals surface area contributed by atoms with Crippen LogP contribution in [0.4, 0.5) is 4.32 Å². The van der Waals surface area contributed by atoms with Gasteiger partial charge in [0.1, 0.15) is 58.6 Å². The van der Waals surface area contributed by atoms with Gasteiger partial charge >= 0.3 is 0 Å². The van der Waals surface area contributed by atoms with E-state index < -0.39 is 7.40 Å². The molecule has 0 radical (unpaired) electrons. The van der Waals surface area contributed by atoms with Gasteiger partial charge in [-0.25, -0.2) is 9.15 Å². The van der Waals surface area contributed by atoms with Crippen molar-refractivity contribution in [1.29, 1.82) is 0 Å². The number of ether oxygens (including phenoxy) is 2. The van der Waals surface area contributed by atoms with Crippen LogP contribution in [0.15, 0.2) is 240 Å². The summed E-state index contributed by atoms with van der Waals surface area (Å²) in [5, 5.41) is 16.6. The van der Waals surface area contributed by atoms with Gasteiger partial charge in [0.15, 0.2) is 11.4 Å². The Morgan fingerprint density at radius 1 is 0.470 bits per heavy atom. The molecular weight excluding hydrogens is 818 g/mol. The summed E-state index contributed by atoms with van der Waals surface area (Å²) in [7, 11) is 5.06. The number of hydrogen-bond donors (Lipinski definition) is 0. The van der Waals surface area contributed by atoms with E-state index in [1.807, 2.05) is 48.5 Å². The van der Waals surface area contributed by atoms with Crippen LogP contribution in [0, 0.1) is 0 Å². The van der Waals surface area contributed by atoms with Crippen LogP contribution < -0.4 is 10.0 Å². The SMILES string of the molecule is CCC(C=C1C=CC(=[N+](C)C)C=C1)=C1C=C(c2ccccc2)C=C(c2ccccc2)O1.CCC(C=C1C=CC(=[N+](C)C)C=C1)=C1C=C(c2ccccc2)C=C(c2ccccc2)O1.[O-]B([O-])F. The van der Waals surface area contributed by atoms with Crippen molar-refractivity contribution in [3.63, 3.8) is 0 Å². The first-order chi connectivity index (χ1) is 32.0. The zero-order chi connectivity index (χ0) is 46.8. The maximum atomic E-state index is 9.89. The minimum absolute atomic E-state index is 0.874. The van der Waals surface area contributed by atoms with Gasteiger partial charge in [-0.15, -0.1) is 0 Å². The van der Waals surface area contributed by atoms with E-state index in [0.29, 0.717) is 0 Å². The molecule has 0 spiro atoms. The topological polar surface area (TPSA) is 70.6 Å². The molecule has 8 rings (SSSR count). The summed E-state index contributed by atoms with van der Waals surface area (Å²) in [6.07, 6.45) is 32.0. The third-order valence-electron chi connectivity index (χ3n) is 10.8. The van der Waals surface area contributed by atoms with Crippen LogP contribution in [-0.2, 0) is 9.47 Å². The monoisotopic (exact) mass is 874 g/mol. The van der Waals surface area contributed by atoms with E-state index in [0.717, 1.165) is 58.2 Å². The lowest BCUT2D eigenvalue weighted by molar-refractivity contribution is -0.462. The lowest BCUT2D eigenvalue weighted by atomic mass is 9.97. The van der Waals surface area contributed by atoms with E-state index in [-0.39, 0.29) is 0 Å². The molecule has 2 aliphatic heterocycles. The van der Waals surface area contributed by atoms with Gasteiger partial charge in [0.05, 0.1) is 0 Å². The number of benzene rings is 4. The third kappa shape index (κ3) is 13.8. The Labute approximate surface area is 390 Å². The molecule has 4 aliphatic rings. The number of allylic oxidation sites excluding steroid dienone is 20. The fourth-order valence-electron chi connectivity index (χ4n) is 7.24. The molecule has 0 amide bonds. The van der Waals surface area contributed by atoms with Crippen molar-refractivity contribution in [3.05, 3.63) is 262 Å². The van der Waals surface area contributed by atoms with Gasteiger partial charge in [0, 0.05) is 35.4 Å². The Morgan fingerprint density at radius 3 is 1.03 bits per heavy atom. The molecule has 0 saturated heterocycles. The summed E-state index contributed by atoms with van der Waals surface area (Å²) in [5.74, 6) is 3.55. The molecule has 4 aromatic carbocycles. The number of hydrogen-bond acceptors (Lipinski definition) is 4. The molecule has 4 aromatic rings. The van der Waals surface area contributed by atoms with E-state index in [9.17, 15) is 4.32 Å². The van der Waals surface area contributed by atoms with Crippen LogP contribution in [0.2, 0.25) is 0 Å². The number of rotatable bonds is 8. The number of halogens is 1. The fourth-order valence-corrected chi connectivity index (χ4v) is 7.24. The molecule has 0 atom stereocenters. The molecule has 6 nitrogen and oxygen atoms in total. The molecule has 0 N–H and O–H groups in total. The predicted molar refractivity (Wildman–Crippen MR) is 268 cm³/mol. The van der Waals surface area contributed by atoms with Crippen LogP contribution in [0.5, 0.6) is 0 Å². The second-order valence-corrected chi connectivity index (χ2v) is 15.9. The van der Waals surface area contributed by atoms with Gasteiger partial charge < -0.3 is 23.8 Å². The highest BCUT2D eigenvalue weighted by Gasteiger charge is 2.19. The molecule has 0 unspecified atom stereocenters. The summed E-state index contributed by atoms with van der Waals surface area (Å²) in [5.41, 5.74) is 13.9. The predicted octanol–water partition coefficient (Wildman–Crippen LogP) is 10.8. The molecule has 0 bridgehead atoms. The van der Waals surface area contributed by atoms with Gasteiger partial charge in [0.2, 0.25) is 0 Å². The maximum Gasteiger partial charge on any atom is 0.199 e. The van der Waals surface area contributed by atoms with Crippen LogP contribution in [0.3, 0.4) is 0 Å². The first kappa shape index (κ1) is 48.1. The van der Waals surface area contributed by atoms with E-state index in [4.69, 9.17) is 19.5 Å². The van der Waals surface area contributed by atoms with E-state index in [1.54, 1.807) is 0 Å². The van der Waals surface area contributed by atoms with Crippen molar-refractivity contribution in [2.75, 3.05) is 28.2 Å². The lowest BCUT2D eigenvalue weighted by Crippen LogP contribution is -2.39. The first-order valence-electron chi connectivity index (χ1n) is 22.1. The zero-order valence-corrected chi connectivity index (χ0v) is 38.5. The molecule has 2 aliphatic carbocycles. The highest BCUT2D eigenvalue weighted by Crippen LogP contribution is 2.36. The smallest absolute Gasteiger partial charge is 0.199 e. The van der Waals surface area contributed by atoms with Crippen LogP contribution in [-0.4, -0.2) is 56.2 Å². The summed E-state index contributed by atoms with van der Waals surface area (Å²) < 4.78 is 27.0. The summed E-state index contributed by atoms with van der Waals surface area (Å²) in [4.78, 5) is 0. The maximum absolute atomic E-state index is 9.89. The first-order valence-corrected chi connectivity index (χ1v) is 22.1. The van der Waals surface area contributed by atoms with Crippen LogP contribution in [0.1, 0.15) is 48.9 Å². The Balaban J connectivity index is 0.000000202. The minimum atomic E-state index is -3.17. The van der Waals surface area contributed by atoms with Gasteiger partial charge in [0.25, 0.3) is 0 Å². The van der Waals surface area contributed by atoms with Crippen molar-refractivity contribution in [2.45, 2.75) is 26.7 Å². The molecular formula is C58H56BFN2O4. The molecule has 2 heterocycles. The molecule has 0 fully saturated rings. The highest BCUT2D eigenvalue weighted by atomic mass is 19.1. The Bertz CT molecular complexity index is 2560. The largest absolute Gasteiger partial charge is 0.867 e. The van der Waals surface area contributed by atoms with Crippen LogP contribution >= 0.6 is 0 Å². The van der Waals surface area contributed by atoms with Crippen molar-refractivity contribution < 1.29 is 33.0 Å². The quantitative estimate of drug-likeness (QED) is 0.131. The van der Waals surface area contributed by atoms with Crippen molar-refractivity contribution in [1.82, 2.24) is 0 Å². The fraction of sp³-hybridized carbons (Fsp3) is 0.138. The molecule has 0 saturated carbocycles. The zero-order valence-electron chi connectivity index (χ0n) is 38.5. The van der Waals surface area contributed by atoms with Gasteiger partial charge in [-0.2, -0.15) is 0 Å². The second kappa shape index (κ2) is 24.1. The van der Waals surface area contributed by atoms with Gasteiger partial charge in [-0.3, -0.25) is 0 Å². The Hall–Kier alpha value is -7.39. The summed E-state index contributed by atoms with van der Waals surface area (Å²) in [6, 6.07) is 41.5. The average molecular weight is 875 g/mol. The lowest BCUT2D eigenvalue weighted by Gasteiger charge is -2.20. The van der Waals surface area contributed by atoms with E-state index in [1.165, 1.54) is 44.8 Å². The summed E-state index contributed by atoms with van der Waals surface area (Å²) >= 11 is 0.